The van der Waals surface area contributed by atoms with Crippen LogP contribution in [-0.4, -0.2) is 30.7 Å². The Morgan fingerprint density at radius 2 is 1.74 bits per heavy atom. The maximum absolute atomic E-state index is 12.0. The summed E-state index contributed by atoms with van der Waals surface area (Å²) >= 11 is 0. The number of ketones is 1. The van der Waals surface area contributed by atoms with Crippen LogP contribution in [-0.2, 0) is 9.31 Å². The number of Topliss-reactive ketones (excluding diaryl/α,β-unsaturated/α-hetero) is 1. The highest BCUT2D eigenvalue weighted by atomic mass is 16.7. The molecular formula is C18H27BO4. The molecule has 0 aromatic heterocycles. The predicted molar refractivity (Wildman–Crippen MR) is 92.5 cm³/mol. The Labute approximate surface area is 139 Å². The molecule has 1 fully saturated rings. The van der Waals surface area contributed by atoms with E-state index in [9.17, 15) is 4.79 Å². The summed E-state index contributed by atoms with van der Waals surface area (Å²) in [6.45, 7) is 14.3. The molecule has 2 rings (SSSR count). The van der Waals surface area contributed by atoms with Crippen LogP contribution in [0.4, 0.5) is 0 Å². The van der Waals surface area contributed by atoms with Crippen LogP contribution in [0.5, 0.6) is 5.75 Å². The molecule has 1 aliphatic heterocycles. The molecule has 1 aliphatic rings. The lowest BCUT2D eigenvalue weighted by molar-refractivity contribution is 0.00578. The highest BCUT2D eigenvalue weighted by Crippen LogP contribution is 2.36. The van der Waals surface area contributed by atoms with E-state index in [2.05, 4.69) is 13.8 Å². The Morgan fingerprint density at radius 1 is 1.17 bits per heavy atom. The quantitative estimate of drug-likeness (QED) is 0.618. The van der Waals surface area contributed by atoms with Crippen LogP contribution in [0.15, 0.2) is 18.2 Å². The summed E-state index contributed by atoms with van der Waals surface area (Å²) in [4.78, 5) is 12.0. The summed E-state index contributed by atoms with van der Waals surface area (Å²) in [5.41, 5.74) is 0.602. The third kappa shape index (κ3) is 3.78. The third-order valence-corrected chi connectivity index (χ3v) is 4.48. The number of ether oxygens (including phenoxy) is 1. The predicted octanol–water partition coefficient (Wildman–Crippen LogP) is 3.22. The lowest BCUT2D eigenvalue weighted by Crippen LogP contribution is -2.41. The van der Waals surface area contributed by atoms with Crippen molar-refractivity contribution in [2.75, 3.05) is 6.61 Å². The van der Waals surface area contributed by atoms with Gasteiger partial charge in [0.1, 0.15) is 5.75 Å². The van der Waals surface area contributed by atoms with Crippen LogP contribution in [0.3, 0.4) is 0 Å². The second-order valence-electron chi connectivity index (χ2n) is 7.60. The molecule has 0 saturated carbocycles. The molecular weight excluding hydrogens is 291 g/mol. The summed E-state index contributed by atoms with van der Waals surface area (Å²) in [7, 11) is -0.475. The van der Waals surface area contributed by atoms with Crippen molar-refractivity contribution in [3.8, 4) is 5.75 Å². The molecule has 0 amide bonds. The summed E-state index contributed by atoms with van der Waals surface area (Å²) < 4.78 is 17.9. The van der Waals surface area contributed by atoms with Gasteiger partial charge in [-0.05, 0) is 58.1 Å². The first-order valence-electron chi connectivity index (χ1n) is 8.17. The fourth-order valence-corrected chi connectivity index (χ4v) is 2.33. The lowest BCUT2D eigenvalue weighted by Gasteiger charge is -2.32. The van der Waals surface area contributed by atoms with E-state index in [1.165, 1.54) is 0 Å². The number of benzene rings is 1. The van der Waals surface area contributed by atoms with Gasteiger partial charge in [0.25, 0.3) is 0 Å². The summed E-state index contributed by atoms with van der Waals surface area (Å²) in [6.07, 6.45) is 0. The molecule has 23 heavy (non-hydrogen) atoms. The van der Waals surface area contributed by atoms with Gasteiger partial charge < -0.3 is 14.0 Å². The standard InChI is InChI=1S/C18H27BO4/c1-12(2)11-21-16-9-8-14(10-15(16)13(3)20)19-22-17(4,5)18(6,7)23-19/h8-10,12H,11H2,1-7H3. The summed E-state index contributed by atoms with van der Waals surface area (Å²) in [5, 5.41) is 0. The van der Waals surface area contributed by atoms with E-state index in [1.54, 1.807) is 6.92 Å². The zero-order valence-electron chi connectivity index (χ0n) is 15.2. The molecule has 4 nitrogen and oxygen atoms in total. The largest absolute Gasteiger partial charge is 0.494 e. The Kier molecular flexibility index (Phi) is 4.93. The van der Waals surface area contributed by atoms with Crippen LogP contribution < -0.4 is 10.2 Å². The van der Waals surface area contributed by atoms with Crippen LogP contribution in [0.1, 0.15) is 58.8 Å². The van der Waals surface area contributed by atoms with Gasteiger partial charge in [-0.3, -0.25) is 4.79 Å². The topological polar surface area (TPSA) is 44.8 Å². The molecule has 0 N–H and O–H groups in total. The molecule has 0 bridgehead atoms. The average Bonchev–Trinajstić information content (AvgIpc) is 2.64. The molecule has 126 valence electrons. The molecule has 1 aromatic rings. The number of rotatable bonds is 5. The van der Waals surface area contributed by atoms with E-state index in [0.29, 0.717) is 23.8 Å². The minimum absolute atomic E-state index is 0.0258. The zero-order chi connectivity index (χ0) is 17.4. The van der Waals surface area contributed by atoms with Crippen LogP contribution in [0, 0.1) is 5.92 Å². The highest BCUT2D eigenvalue weighted by molar-refractivity contribution is 6.62. The molecule has 0 aliphatic carbocycles. The van der Waals surface area contributed by atoms with Crippen molar-refractivity contribution in [1.29, 1.82) is 0 Å². The Morgan fingerprint density at radius 3 is 2.22 bits per heavy atom. The Balaban J connectivity index is 2.28. The third-order valence-electron chi connectivity index (χ3n) is 4.48. The van der Waals surface area contributed by atoms with Crippen molar-refractivity contribution in [2.24, 2.45) is 5.92 Å². The van der Waals surface area contributed by atoms with Gasteiger partial charge in [0.2, 0.25) is 0 Å². The second-order valence-corrected chi connectivity index (χ2v) is 7.60. The molecule has 1 aromatic carbocycles. The highest BCUT2D eigenvalue weighted by Gasteiger charge is 2.51. The summed E-state index contributed by atoms with van der Waals surface area (Å²) in [6, 6.07) is 5.56. The normalized spacial score (nSPS) is 19.2. The SMILES string of the molecule is CC(=O)c1cc(B2OC(C)(C)C(C)(C)O2)ccc1OCC(C)C. The molecule has 5 heteroatoms. The van der Waals surface area contributed by atoms with E-state index >= 15 is 0 Å². The first-order valence-corrected chi connectivity index (χ1v) is 8.17. The minimum atomic E-state index is -0.475. The number of hydrogen-bond acceptors (Lipinski definition) is 4. The van der Waals surface area contributed by atoms with Crippen LogP contribution in [0.25, 0.3) is 0 Å². The van der Waals surface area contributed by atoms with Gasteiger partial charge in [-0.25, -0.2) is 0 Å². The fraction of sp³-hybridized carbons (Fsp3) is 0.611. The Bertz CT molecular complexity index is 577. The fourth-order valence-electron chi connectivity index (χ4n) is 2.33. The number of hydrogen-bond donors (Lipinski definition) is 0. The smallest absolute Gasteiger partial charge is 0.493 e. The Hall–Kier alpha value is -1.33. The van der Waals surface area contributed by atoms with Crippen molar-refractivity contribution in [1.82, 2.24) is 0 Å². The van der Waals surface area contributed by atoms with E-state index in [4.69, 9.17) is 14.0 Å². The molecule has 1 saturated heterocycles. The van der Waals surface area contributed by atoms with Gasteiger partial charge in [0.05, 0.1) is 23.4 Å². The first kappa shape index (κ1) is 18.0. The van der Waals surface area contributed by atoms with Gasteiger partial charge >= 0.3 is 7.12 Å². The maximum Gasteiger partial charge on any atom is 0.494 e. The number of carbonyl (C=O) groups excluding carboxylic acids is 1. The molecule has 0 unspecified atom stereocenters. The van der Waals surface area contributed by atoms with Gasteiger partial charge in [-0.15, -0.1) is 0 Å². The van der Waals surface area contributed by atoms with E-state index < -0.39 is 18.3 Å². The van der Waals surface area contributed by atoms with Crippen molar-refractivity contribution >= 4 is 18.4 Å². The van der Waals surface area contributed by atoms with Gasteiger partial charge in [0.15, 0.2) is 5.78 Å². The lowest BCUT2D eigenvalue weighted by atomic mass is 9.78. The van der Waals surface area contributed by atoms with Crippen molar-refractivity contribution in [2.45, 2.75) is 59.7 Å². The van der Waals surface area contributed by atoms with Gasteiger partial charge in [-0.1, -0.05) is 19.9 Å². The molecule has 0 spiro atoms. The van der Waals surface area contributed by atoms with E-state index in [-0.39, 0.29) is 5.78 Å². The molecule has 1 heterocycles. The maximum atomic E-state index is 12.0. The van der Waals surface area contributed by atoms with E-state index in [0.717, 1.165) is 5.46 Å². The average molecular weight is 318 g/mol. The van der Waals surface area contributed by atoms with E-state index in [1.807, 2.05) is 45.9 Å². The monoisotopic (exact) mass is 318 g/mol. The first-order chi connectivity index (χ1) is 10.5. The van der Waals surface area contributed by atoms with Crippen molar-refractivity contribution < 1.29 is 18.8 Å². The zero-order valence-corrected chi connectivity index (χ0v) is 15.2. The minimum Gasteiger partial charge on any atom is -0.493 e. The number of carbonyl (C=O) groups is 1. The molecule has 0 radical (unpaired) electrons. The molecule has 0 atom stereocenters. The van der Waals surface area contributed by atoms with Gasteiger partial charge in [-0.2, -0.15) is 0 Å². The van der Waals surface area contributed by atoms with Crippen LogP contribution >= 0.6 is 0 Å². The van der Waals surface area contributed by atoms with Gasteiger partial charge in [0, 0.05) is 0 Å². The second kappa shape index (κ2) is 6.29. The van der Waals surface area contributed by atoms with Crippen molar-refractivity contribution in [3.05, 3.63) is 23.8 Å². The summed E-state index contributed by atoms with van der Waals surface area (Å²) in [5.74, 6) is 0.992. The van der Waals surface area contributed by atoms with Crippen LogP contribution in [0.2, 0.25) is 0 Å². The van der Waals surface area contributed by atoms with Crippen molar-refractivity contribution in [3.63, 3.8) is 0 Å².